The van der Waals surface area contributed by atoms with Crippen molar-refractivity contribution in [2.45, 2.75) is 48.5 Å². The van der Waals surface area contributed by atoms with E-state index in [4.69, 9.17) is 17.0 Å². The van der Waals surface area contributed by atoms with E-state index in [9.17, 15) is 0 Å². The fourth-order valence-electron chi connectivity index (χ4n) is 3.29. The summed E-state index contributed by atoms with van der Waals surface area (Å²) in [6.45, 7) is 14.8. The Morgan fingerprint density at radius 2 is 0.931 bits per heavy atom. The molecule has 3 heteroatoms. The van der Waals surface area contributed by atoms with Crippen LogP contribution in [0.4, 0.5) is 0 Å². The molecule has 0 saturated heterocycles. The van der Waals surface area contributed by atoms with Crippen LogP contribution in [0, 0.1) is 41.5 Å². The Balaban J connectivity index is 0.000000170. The predicted octanol–water partition coefficient (Wildman–Crippen LogP) is 8.70. The molecule has 29 heavy (non-hydrogen) atoms. The Morgan fingerprint density at radius 3 is 1.24 bits per heavy atom. The number of aryl methyl sites for hydroxylation is 6. The summed E-state index contributed by atoms with van der Waals surface area (Å²) in [5, 5.41) is 5.48. The topological polar surface area (TPSA) is 0 Å². The zero-order valence-corrected chi connectivity index (χ0v) is 22.4. The molecule has 0 nitrogen and oxygen atoms in total. The van der Waals surface area contributed by atoms with Crippen LogP contribution in [0.2, 0.25) is 0 Å². The number of benzene rings is 2. The minimum atomic E-state index is -1.76. The zero-order chi connectivity index (χ0) is 21.7. The molecule has 0 bridgehead atoms. The van der Waals surface area contributed by atoms with Crippen LogP contribution in [0.5, 0.6) is 0 Å². The third-order valence-electron chi connectivity index (χ3n) is 5.15. The smallest absolute Gasteiger partial charge is 0.0411 e. The second kappa shape index (κ2) is 10.9. The molecule has 4 aromatic rings. The van der Waals surface area contributed by atoms with Crippen molar-refractivity contribution in [3.63, 3.8) is 0 Å². The molecule has 0 aromatic heterocycles. The molecule has 0 radical (unpaired) electrons. The van der Waals surface area contributed by atoms with Crippen molar-refractivity contribution < 1.29 is 18.9 Å². The maximum Gasteiger partial charge on any atom is -0.0411 e. The molecule has 0 fully saturated rings. The van der Waals surface area contributed by atoms with E-state index >= 15 is 0 Å². The molecule has 0 saturated carbocycles. The van der Waals surface area contributed by atoms with Crippen LogP contribution < -0.4 is 0 Å². The zero-order valence-electron chi connectivity index (χ0n) is 18.5. The summed E-state index contributed by atoms with van der Waals surface area (Å²) < 4.78 is 1.89. The van der Waals surface area contributed by atoms with E-state index in [1.54, 1.807) is 0 Å². The van der Waals surface area contributed by atoms with Gasteiger partial charge in [-0.15, -0.1) is 69.1 Å². The largest absolute Gasteiger partial charge is 0.165 e. The van der Waals surface area contributed by atoms with Gasteiger partial charge >= 0.3 is 46.5 Å². The summed E-state index contributed by atoms with van der Waals surface area (Å²) in [5.41, 5.74) is 8.24. The molecule has 4 aromatic carbocycles. The first-order valence-corrected chi connectivity index (χ1v) is 17.6. The van der Waals surface area contributed by atoms with Crippen LogP contribution in [0.25, 0.3) is 21.5 Å². The van der Waals surface area contributed by atoms with Gasteiger partial charge in [-0.25, -0.2) is 0 Å². The Labute approximate surface area is 190 Å². The van der Waals surface area contributed by atoms with Gasteiger partial charge in [0.15, 0.2) is 0 Å². The fourth-order valence-corrected chi connectivity index (χ4v) is 3.29. The molecule has 0 aliphatic rings. The number of fused-ring (bicyclic) bond motifs is 2. The van der Waals surface area contributed by atoms with Gasteiger partial charge in [0, 0.05) is 0 Å². The summed E-state index contributed by atoms with van der Waals surface area (Å²) in [5.74, 6) is 0. The number of hydrogen-bond acceptors (Lipinski definition) is 0. The molecular formula is C26H30Cl2Zr-2. The minimum Gasteiger partial charge on any atom is -0.165 e. The number of hydrogen-bond donors (Lipinski definition) is 0. The van der Waals surface area contributed by atoms with E-state index in [-0.39, 0.29) is 0 Å². The monoisotopic (exact) mass is 502 g/mol. The SMILES string of the molecule is C[CH]=[Zr]([Cl])[Cl].Cc1cc2cc(C)c(C)cc2[cH-]1.Cc1cc2cc(C)c(C)cc2[cH-]1. The van der Waals surface area contributed by atoms with Crippen LogP contribution in [-0.2, 0) is 18.9 Å². The standard InChI is InChI=1S/2C12H13.C2H4.2ClH.Zr/c2*1-8-4-11-6-9(2)10(3)7-12(11)5-8;1-2;;;/h2*4-7H,1-3H3;1H,2H3;2*1H;/q2*-1;;;;+2/p-2. The molecule has 4 rings (SSSR count). The molecule has 154 valence electrons. The molecule has 0 aliphatic carbocycles. The molecule has 0 atom stereocenters. The van der Waals surface area contributed by atoms with Crippen LogP contribution in [0.15, 0.2) is 48.5 Å². The van der Waals surface area contributed by atoms with Crippen LogP contribution in [0.1, 0.15) is 40.3 Å². The van der Waals surface area contributed by atoms with Crippen molar-refractivity contribution in [3.8, 4) is 0 Å². The second-order valence-corrected chi connectivity index (χ2v) is 16.6. The summed E-state index contributed by atoms with van der Waals surface area (Å²) in [7, 11) is 10.7. The van der Waals surface area contributed by atoms with Crippen molar-refractivity contribution in [3.05, 3.63) is 81.9 Å². The number of halogens is 2. The first-order chi connectivity index (χ1) is 13.6. The van der Waals surface area contributed by atoms with Gasteiger partial charge in [0.05, 0.1) is 0 Å². The molecular weight excluding hydrogens is 474 g/mol. The van der Waals surface area contributed by atoms with Crippen molar-refractivity contribution in [1.82, 2.24) is 0 Å². The van der Waals surface area contributed by atoms with E-state index in [1.807, 2.05) is 10.6 Å². The summed E-state index contributed by atoms with van der Waals surface area (Å²) in [4.78, 5) is 0. The van der Waals surface area contributed by atoms with Gasteiger partial charge in [-0.1, -0.05) is 36.1 Å². The molecule has 0 unspecified atom stereocenters. The first kappa shape index (κ1) is 24.3. The van der Waals surface area contributed by atoms with Crippen LogP contribution in [0.3, 0.4) is 0 Å². The van der Waals surface area contributed by atoms with E-state index in [0.29, 0.717) is 0 Å². The Kier molecular flexibility index (Phi) is 9.08. The average Bonchev–Trinajstić information content (AvgIpc) is 3.17. The van der Waals surface area contributed by atoms with Crippen molar-refractivity contribution in [2.24, 2.45) is 0 Å². The normalized spacial score (nSPS) is 10.2. The van der Waals surface area contributed by atoms with Gasteiger partial charge in [-0.2, -0.15) is 12.1 Å². The van der Waals surface area contributed by atoms with Crippen molar-refractivity contribution >= 4 is 42.3 Å². The predicted molar refractivity (Wildman–Crippen MR) is 131 cm³/mol. The van der Waals surface area contributed by atoms with Crippen LogP contribution >= 0.6 is 17.0 Å². The van der Waals surface area contributed by atoms with E-state index in [2.05, 4.69) is 90.1 Å². The molecule has 0 amide bonds. The van der Waals surface area contributed by atoms with Gasteiger partial charge in [0.2, 0.25) is 0 Å². The Morgan fingerprint density at radius 1 is 0.621 bits per heavy atom. The second-order valence-electron chi connectivity index (χ2n) is 7.77. The van der Waals surface area contributed by atoms with E-state index in [0.717, 1.165) is 0 Å². The van der Waals surface area contributed by atoms with Gasteiger partial charge in [-0.05, 0) is 27.7 Å². The number of rotatable bonds is 0. The molecule has 0 heterocycles. The molecule has 0 aliphatic heterocycles. The summed E-state index contributed by atoms with van der Waals surface area (Å²) in [6, 6.07) is 18.0. The van der Waals surface area contributed by atoms with E-state index < -0.39 is 18.9 Å². The first-order valence-electron chi connectivity index (χ1n) is 9.86. The third-order valence-corrected chi connectivity index (χ3v) is 8.80. The Hall–Kier alpha value is -1.01. The van der Waals surface area contributed by atoms with Crippen molar-refractivity contribution in [2.75, 3.05) is 0 Å². The van der Waals surface area contributed by atoms with Gasteiger partial charge in [-0.3, -0.25) is 0 Å². The van der Waals surface area contributed by atoms with Gasteiger partial charge < -0.3 is 0 Å². The average molecular weight is 505 g/mol. The maximum atomic E-state index is 5.37. The quantitative estimate of drug-likeness (QED) is 0.210. The molecule has 0 N–H and O–H groups in total. The molecule has 0 spiro atoms. The minimum absolute atomic E-state index is 1.36. The van der Waals surface area contributed by atoms with E-state index in [1.165, 1.54) is 54.9 Å². The fraction of sp³-hybridized carbons (Fsp3) is 0.269. The van der Waals surface area contributed by atoms with Gasteiger partial charge in [0.25, 0.3) is 0 Å². The van der Waals surface area contributed by atoms with Gasteiger partial charge in [0.1, 0.15) is 0 Å². The van der Waals surface area contributed by atoms with Crippen molar-refractivity contribution in [1.29, 1.82) is 0 Å². The maximum absolute atomic E-state index is 5.37. The summed E-state index contributed by atoms with van der Waals surface area (Å²) in [6.07, 6.45) is 0. The third kappa shape index (κ3) is 7.02. The summed E-state index contributed by atoms with van der Waals surface area (Å²) >= 11 is -1.76. The van der Waals surface area contributed by atoms with Crippen LogP contribution in [-0.4, -0.2) is 3.71 Å². The Bertz CT molecular complexity index is 977.